The number of hydrogen-bond acceptors (Lipinski definition) is 5. The smallest absolute Gasteiger partial charge is 0.169 e. The van der Waals surface area contributed by atoms with Crippen LogP contribution in [0.1, 0.15) is 22.9 Å². The summed E-state index contributed by atoms with van der Waals surface area (Å²) in [6, 6.07) is 50.4. The van der Waals surface area contributed by atoms with Crippen LogP contribution in [-0.2, 0) is 0 Å². The molecule has 0 fully saturated rings. The van der Waals surface area contributed by atoms with Crippen molar-refractivity contribution >= 4 is 85.5 Å². The standard InChI is InChI=1S/C43H25N3S2/c1-2-10-24(11-3-1)41-44-42(25-20-21-29-28-14-6-7-19-35(28)47-36(29)22-25)46-43(45-41)33-18-9-17-32-39-31-16-8-15-30-26-12-4-5-13-27(26)34(38(30)31)23-37(39)48-40(32)33/h1-23,42H,(H,44,45,46). The highest BCUT2D eigenvalue weighted by molar-refractivity contribution is 7.26. The number of nitrogens with zero attached hydrogens (tertiary/aromatic N) is 2. The third-order valence-electron chi connectivity index (χ3n) is 9.87. The number of fused-ring (bicyclic) bond motifs is 10. The first-order chi connectivity index (χ1) is 23.8. The molecule has 1 aliphatic carbocycles. The molecule has 7 aromatic carbocycles. The second-order valence-corrected chi connectivity index (χ2v) is 14.7. The van der Waals surface area contributed by atoms with Crippen LogP contribution in [0.4, 0.5) is 0 Å². The highest BCUT2D eigenvalue weighted by atomic mass is 32.1. The van der Waals surface area contributed by atoms with E-state index in [0.29, 0.717) is 0 Å². The van der Waals surface area contributed by atoms with Gasteiger partial charge in [-0.3, -0.25) is 0 Å². The van der Waals surface area contributed by atoms with Crippen molar-refractivity contribution in [2.75, 3.05) is 0 Å². The quantitative estimate of drug-likeness (QED) is 0.204. The maximum absolute atomic E-state index is 5.34. The average molecular weight is 648 g/mol. The zero-order valence-corrected chi connectivity index (χ0v) is 27.2. The fourth-order valence-corrected chi connectivity index (χ4v) is 10.2. The summed E-state index contributed by atoms with van der Waals surface area (Å²) in [5.41, 5.74) is 8.56. The van der Waals surface area contributed by atoms with E-state index in [1.807, 2.05) is 28.7 Å². The van der Waals surface area contributed by atoms with Crippen molar-refractivity contribution in [3.05, 3.63) is 156 Å². The van der Waals surface area contributed by atoms with Crippen LogP contribution in [-0.4, -0.2) is 11.7 Å². The zero-order chi connectivity index (χ0) is 31.3. The van der Waals surface area contributed by atoms with Gasteiger partial charge >= 0.3 is 0 Å². The topological polar surface area (TPSA) is 36.8 Å². The summed E-state index contributed by atoms with van der Waals surface area (Å²) in [4.78, 5) is 10.5. The SMILES string of the molecule is c1ccc(C2=NC(c3ccc4c(c3)sc3ccccc34)N=C(c3cccc4c3sc3cc5c6c(cccc6c34)-c3ccccc3-5)N2)cc1. The lowest BCUT2D eigenvalue weighted by Crippen LogP contribution is -2.36. The number of benzene rings is 7. The molecular formula is C43H25N3S2. The first-order valence-electron chi connectivity index (χ1n) is 16.2. The Hall–Kier alpha value is -5.62. The lowest BCUT2D eigenvalue weighted by atomic mass is 9.97. The molecule has 1 unspecified atom stereocenters. The normalized spacial score (nSPS) is 15.3. The molecule has 3 heterocycles. The zero-order valence-electron chi connectivity index (χ0n) is 25.6. The van der Waals surface area contributed by atoms with Gasteiger partial charge in [0.15, 0.2) is 6.17 Å². The van der Waals surface area contributed by atoms with E-state index in [2.05, 4.69) is 139 Å². The summed E-state index contributed by atoms with van der Waals surface area (Å²) in [6.07, 6.45) is -0.368. The minimum absolute atomic E-state index is 0.368. The van der Waals surface area contributed by atoms with Gasteiger partial charge in [-0.25, -0.2) is 9.98 Å². The Labute approximate surface area is 284 Å². The van der Waals surface area contributed by atoms with Gasteiger partial charge in [0.05, 0.1) is 0 Å². The molecule has 48 heavy (non-hydrogen) atoms. The van der Waals surface area contributed by atoms with E-state index in [9.17, 15) is 0 Å². The molecule has 11 rings (SSSR count). The second kappa shape index (κ2) is 9.94. The molecule has 2 aliphatic rings. The first-order valence-corrected chi connectivity index (χ1v) is 17.8. The van der Waals surface area contributed by atoms with Crippen LogP contribution in [0.3, 0.4) is 0 Å². The molecule has 0 spiro atoms. The van der Waals surface area contributed by atoms with E-state index in [-0.39, 0.29) is 6.17 Å². The molecule has 0 amide bonds. The first kappa shape index (κ1) is 26.4. The Bertz CT molecular complexity index is 2870. The van der Waals surface area contributed by atoms with Crippen molar-refractivity contribution in [1.82, 2.24) is 5.32 Å². The molecule has 2 aromatic heterocycles. The monoisotopic (exact) mass is 647 g/mol. The van der Waals surface area contributed by atoms with Crippen molar-refractivity contribution < 1.29 is 0 Å². The Morgan fingerprint density at radius 3 is 2.02 bits per heavy atom. The lowest BCUT2D eigenvalue weighted by Gasteiger charge is -2.22. The third kappa shape index (κ3) is 3.74. The summed E-state index contributed by atoms with van der Waals surface area (Å²) in [6.45, 7) is 0. The number of nitrogens with one attached hydrogen (secondary N) is 1. The van der Waals surface area contributed by atoms with E-state index in [1.54, 1.807) is 0 Å². The van der Waals surface area contributed by atoms with Gasteiger partial charge in [-0.15, -0.1) is 22.7 Å². The van der Waals surface area contributed by atoms with Crippen LogP contribution in [0.25, 0.3) is 73.4 Å². The summed E-state index contributed by atoms with van der Waals surface area (Å²) in [5, 5.41) is 11.5. The number of thiophene rings is 2. The van der Waals surface area contributed by atoms with Gasteiger partial charge in [0, 0.05) is 51.5 Å². The van der Waals surface area contributed by atoms with Crippen LogP contribution in [0.2, 0.25) is 0 Å². The highest BCUT2D eigenvalue weighted by Gasteiger charge is 2.26. The van der Waals surface area contributed by atoms with E-state index in [0.717, 1.165) is 28.4 Å². The number of aliphatic imine (C=N–C) groups is 2. The van der Waals surface area contributed by atoms with Gasteiger partial charge in [-0.2, -0.15) is 0 Å². The van der Waals surface area contributed by atoms with Gasteiger partial charge in [-0.1, -0.05) is 115 Å². The number of amidine groups is 2. The molecular weight excluding hydrogens is 623 g/mol. The Kier molecular flexibility index (Phi) is 5.48. The van der Waals surface area contributed by atoms with Crippen molar-refractivity contribution in [3.8, 4) is 22.3 Å². The van der Waals surface area contributed by atoms with Gasteiger partial charge in [0.25, 0.3) is 0 Å². The Morgan fingerprint density at radius 1 is 0.438 bits per heavy atom. The maximum Gasteiger partial charge on any atom is 0.169 e. The molecule has 3 nitrogen and oxygen atoms in total. The molecule has 0 saturated heterocycles. The highest BCUT2D eigenvalue weighted by Crippen LogP contribution is 2.52. The van der Waals surface area contributed by atoms with Gasteiger partial charge in [0.1, 0.15) is 11.7 Å². The summed E-state index contributed by atoms with van der Waals surface area (Å²) < 4.78 is 5.10. The molecule has 0 bridgehead atoms. The van der Waals surface area contributed by atoms with Crippen LogP contribution in [0.5, 0.6) is 0 Å². The van der Waals surface area contributed by atoms with Crippen LogP contribution < -0.4 is 5.32 Å². The molecule has 1 aliphatic heterocycles. The van der Waals surface area contributed by atoms with Gasteiger partial charge in [0.2, 0.25) is 0 Å². The fraction of sp³-hybridized carbons (Fsp3) is 0.0233. The fourth-order valence-electron chi connectivity index (χ4n) is 7.73. The Morgan fingerprint density at radius 2 is 1.12 bits per heavy atom. The average Bonchev–Trinajstić information content (AvgIpc) is 3.82. The molecule has 1 atom stereocenters. The minimum Gasteiger partial charge on any atom is -0.324 e. The van der Waals surface area contributed by atoms with E-state index in [1.165, 1.54) is 73.4 Å². The maximum atomic E-state index is 5.34. The van der Waals surface area contributed by atoms with E-state index < -0.39 is 0 Å². The van der Waals surface area contributed by atoms with Crippen molar-refractivity contribution in [2.45, 2.75) is 6.17 Å². The van der Waals surface area contributed by atoms with Gasteiger partial charge in [-0.05, 0) is 62.9 Å². The predicted molar refractivity (Wildman–Crippen MR) is 206 cm³/mol. The summed E-state index contributed by atoms with van der Waals surface area (Å²) in [5.74, 6) is 1.69. The Balaban J connectivity index is 1.11. The van der Waals surface area contributed by atoms with Crippen LogP contribution >= 0.6 is 22.7 Å². The molecule has 5 heteroatoms. The molecule has 9 aromatic rings. The third-order valence-corrected chi connectivity index (χ3v) is 12.2. The minimum atomic E-state index is -0.368. The predicted octanol–water partition coefficient (Wildman–Crippen LogP) is 11.7. The second-order valence-electron chi connectivity index (χ2n) is 12.5. The summed E-state index contributed by atoms with van der Waals surface area (Å²) >= 11 is 3.69. The number of rotatable bonds is 3. The molecule has 224 valence electrons. The lowest BCUT2D eigenvalue weighted by molar-refractivity contribution is 0.757. The van der Waals surface area contributed by atoms with Crippen molar-refractivity contribution in [2.24, 2.45) is 9.98 Å². The summed E-state index contributed by atoms with van der Waals surface area (Å²) in [7, 11) is 0. The van der Waals surface area contributed by atoms with Crippen LogP contribution in [0.15, 0.2) is 150 Å². The largest absolute Gasteiger partial charge is 0.324 e. The van der Waals surface area contributed by atoms with E-state index >= 15 is 0 Å². The molecule has 0 saturated carbocycles. The van der Waals surface area contributed by atoms with Crippen molar-refractivity contribution in [3.63, 3.8) is 0 Å². The van der Waals surface area contributed by atoms with E-state index in [4.69, 9.17) is 9.98 Å². The molecule has 1 N–H and O–H groups in total. The van der Waals surface area contributed by atoms with Gasteiger partial charge < -0.3 is 5.32 Å². The van der Waals surface area contributed by atoms with Crippen molar-refractivity contribution in [1.29, 1.82) is 0 Å². The molecule has 0 radical (unpaired) electrons. The van der Waals surface area contributed by atoms with Crippen LogP contribution in [0, 0.1) is 0 Å². The number of hydrogen-bond donors (Lipinski definition) is 1.